The van der Waals surface area contributed by atoms with Crippen molar-refractivity contribution in [3.63, 3.8) is 0 Å². The summed E-state index contributed by atoms with van der Waals surface area (Å²) in [4.78, 5) is 10.0. The van der Waals surface area contributed by atoms with E-state index in [0.717, 1.165) is 0 Å². The van der Waals surface area contributed by atoms with E-state index in [1.807, 2.05) is 0 Å². The Hall–Kier alpha value is -0.240. The van der Waals surface area contributed by atoms with Crippen molar-refractivity contribution in [3.05, 3.63) is 0 Å². The maximum Gasteiger partial charge on any atom is 0.139 e. The van der Waals surface area contributed by atoms with Gasteiger partial charge < -0.3 is 31.0 Å². The number of hydrogen-bond acceptors (Lipinski definition) is 6. The highest BCUT2D eigenvalue weighted by Gasteiger charge is 2.28. The largest absolute Gasteiger partial charge is 0.394 e. The number of carbonyl (C=O) groups excluding carboxylic acids is 1. The molecule has 0 aliphatic heterocycles. The van der Waals surface area contributed by atoms with Gasteiger partial charge in [0.25, 0.3) is 0 Å². The second-order valence-electron chi connectivity index (χ2n) is 2.44. The summed E-state index contributed by atoms with van der Waals surface area (Å²) in [7, 11) is 0. The third-order valence-electron chi connectivity index (χ3n) is 1.48. The van der Waals surface area contributed by atoms with Crippen molar-refractivity contribution >= 4 is 18.7 Å². The van der Waals surface area contributed by atoms with Gasteiger partial charge in [0.05, 0.1) is 12.6 Å². The standard InChI is InChI=1S/C6H13NO5.ClH/c7-3(1-8)5(11)6(12)4(10)2-9;/h1,3-6,9-12H,2,7H2;1H/t3-,4?,5+,6+;/m0./s1. The SMILES string of the molecule is Cl.N[C@@H](C=O)[C@@H](O)[C@H](O)C(O)CO. The molecule has 6 N–H and O–H groups in total. The molecular weight excluding hydrogens is 202 g/mol. The molecule has 0 aliphatic rings. The van der Waals surface area contributed by atoms with Crippen LogP contribution in [0, 0.1) is 0 Å². The molecule has 0 aliphatic carbocycles. The summed E-state index contributed by atoms with van der Waals surface area (Å²) in [6.07, 6.45) is -4.43. The summed E-state index contributed by atoms with van der Waals surface area (Å²) in [5.41, 5.74) is 5.04. The van der Waals surface area contributed by atoms with Crippen LogP contribution >= 0.6 is 12.4 Å². The molecule has 6 nitrogen and oxygen atoms in total. The van der Waals surface area contributed by atoms with E-state index in [2.05, 4.69) is 0 Å². The maximum absolute atomic E-state index is 10.0. The van der Waals surface area contributed by atoms with E-state index in [-0.39, 0.29) is 18.7 Å². The molecule has 4 atom stereocenters. The van der Waals surface area contributed by atoms with Crippen molar-refractivity contribution in [2.45, 2.75) is 24.4 Å². The fourth-order valence-electron chi connectivity index (χ4n) is 0.644. The number of carbonyl (C=O) groups is 1. The summed E-state index contributed by atoms with van der Waals surface area (Å²) >= 11 is 0. The molecule has 80 valence electrons. The second kappa shape index (κ2) is 7.19. The lowest BCUT2D eigenvalue weighted by molar-refractivity contribution is -0.118. The molecule has 0 rings (SSSR count). The van der Waals surface area contributed by atoms with E-state index in [9.17, 15) is 4.79 Å². The molecule has 7 heteroatoms. The van der Waals surface area contributed by atoms with Gasteiger partial charge in [-0.05, 0) is 0 Å². The molecule has 13 heavy (non-hydrogen) atoms. The molecule has 0 bridgehead atoms. The maximum atomic E-state index is 10.0. The number of aliphatic hydroxyl groups is 4. The van der Waals surface area contributed by atoms with Crippen LogP contribution < -0.4 is 5.73 Å². The summed E-state index contributed by atoms with van der Waals surface area (Å²) in [6.45, 7) is -0.705. The molecule has 0 aromatic carbocycles. The second-order valence-corrected chi connectivity index (χ2v) is 2.44. The van der Waals surface area contributed by atoms with E-state index in [0.29, 0.717) is 0 Å². The van der Waals surface area contributed by atoms with Gasteiger partial charge in [-0.15, -0.1) is 12.4 Å². The summed E-state index contributed by atoms with van der Waals surface area (Å²) in [5, 5.41) is 35.2. The van der Waals surface area contributed by atoms with E-state index >= 15 is 0 Å². The molecule has 0 aromatic heterocycles. The predicted molar refractivity (Wildman–Crippen MR) is 46.4 cm³/mol. The molecule has 0 saturated carbocycles. The monoisotopic (exact) mass is 215 g/mol. The molecular formula is C6H14ClNO5. The average molecular weight is 216 g/mol. The number of nitrogens with two attached hydrogens (primary N) is 1. The molecule has 0 aromatic rings. The van der Waals surface area contributed by atoms with Crippen LogP contribution in [-0.2, 0) is 4.79 Å². The minimum atomic E-state index is -1.62. The predicted octanol–water partition coefficient (Wildman–Crippen LogP) is -2.99. The molecule has 1 unspecified atom stereocenters. The van der Waals surface area contributed by atoms with Crippen molar-refractivity contribution in [1.82, 2.24) is 0 Å². The van der Waals surface area contributed by atoms with Crippen LogP contribution in [0.25, 0.3) is 0 Å². The zero-order valence-corrected chi connectivity index (χ0v) is 7.59. The Balaban J connectivity index is 0. The van der Waals surface area contributed by atoms with Crippen LogP contribution in [0.3, 0.4) is 0 Å². The first kappa shape index (κ1) is 15.2. The highest BCUT2D eigenvalue weighted by atomic mass is 35.5. The Labute approximate surface area is 81.4 Å². The molecule has 0 amide bonds. The number of aldehydes is 1. The summed E-state index contributed by atoms with van der Waals surface area (Å²) in [5.74, 6) is 0. The Morgan fingerprint density at radius 2 is 1.69 bits per heavy atom. The average Bonchev–Trinajstić information content (AvgIpc) is 2.12. The van der Waals surface area contributed by atoms with Gasteiger partial charge in [-0.3, -0.25) is 0 Å². The van der Waals surface area contributed by atoms with Gasteiger partial charge in [-0.1, -0.05) is 0 Å². The smallest absolute Gasteiger partial charge is 0.139 e. The first-order valence-electron chi connectivity index (χ1n) is 3.40. The Kier molecular flexibility index (Phi) is 8.43. The third-order valence-corrected chi connectivity index (χ3v) is 1.48. The van der Waals surface area contributed by atoms with Crippen LogP contribution in [0.4, 0.5) is 0 Å². The molecule has 0 radical (unpaired) electrons. The molecule has 0 heterocycles. The van der Waals surface area contributed by atoms with Crippen molar-refractivity contribution in [1.29, 1.82) is 0 Å². The van der Waals surface area contributed by atoms with Gasteiger partial charge in [0.15, 0.2) is 0 Å². The van der Waals surface area contributed by atoms with Crippen LogP contribution in [0.15, 0.2) is 0 Å². The number of rotatable bonds is 5. The van der Waals surface area contributed by atoms with Gasteiger partial charge in [0.2, 0.25) is 0 Å². The van der Waals surface area contributed by atoms with Crippen LogP contribution in [0.1, 0.15) is 0 Å². The minimum Gasteiger partial charge on any atom is -0.394 e. The Morgan fingerprint density at radius 1 is 1.23 bits per heavy atom. The van der Waals surface area contributed by atoms with Gasteiger partial charge in [0, 0.05) is 0 Å². The van der Waals surface area contributed by atoms with Gasteiger partial charge in [-0.2, -0.15) is 0 Å². The molecule has 0 saturated heterocycles. The van der Waals surface area contributed by atoms with Crippen molar-refractivity contribution in [2.75, 3.05) is 6.61 Å². The molecule has 0 spiro atoms. The zero-order valence-electron chi connectivity index (χ0n) is 6.78. The fraction of sp³-hybridized carbons (Fsp3) is 0.833. The highest BCUT2D eigenvalue weighted by molar-refractivity contribution is 5.85. The Morgan fingerprint density at radius 3 is 2.00 bits per heavy atom. The van der Waals surface area contributed by atoms with E-state index < -0.39 is 31.0 Å². The fourth-order valence-corrected chi connectivity index (χ4v) is 0.644. The van der Waals surface area contributed by atoms with Crippen molar-refractivity contribution < 1.29 is 25.2 Å². The number of aliphatic hydroxyl groups excluding tert-OH is 4. The van der Waals surface area contributed by atoms with Crippen molar-refractivity contribution in [2.24, 2.45) is 5.73 Å². The zero-order chi connectivity index (χ0) is 9.72. The first-order chi connectivity index (χ1) is 5.54. The topological polar surface area (TPSA) is 124 Å². The van der Waals surface area contributed by atoms with E-state index in [4.69, 9.17) is 26.2 Å². The number of hydrogen-bond donors (Lipinski definition) is 5. The first-order valence-corrected chi connectivity index (χ1v) is 3.40. The van der Waals surface area contributed by atoms with Crippen molar-refractivity contribution in [3.8, 4) is 0 Å². The van der Waals surface area contributed by atoms with E-state index in [1.165, 1.54) is 0 Å². The lowest BCUT2D eigenvalue weighted by Crippen LogP contribution is -2.49. The van der Waals surface area contributed by atoms with Crippen LogP contribution in [-0.4, -0.2) is 57.7 Å². The lowest BCUT2D eigenvalue weighted by Gasteiger charge is -2.23. The van der Waals surface area contributed by atoms with Gasteiger partial charge >= 0.3 is 0 Å². The number of halogens is 1. The quantitative estimate of drug-likeness (QED) is 0.312. The van der Waals surface area contributed by atoms with Gasteiger partial charge in [-0.25, -0.2) is 0 Å². The highest BCUT2D eigenvalue weighted by Crippen LogP contribution is 2.01. The third kappa shape index (κ3) is 4.51. The summed E-state index contributed by atoms with van der Waals surface area (Å²) < 4.78 is 0. The minimum absolute atomic E-state index is 0. The van der Waals surface area contributed by atoms with Crippen LogP contribution in [0.5, 0.6) is 0 Å². The van der Waals surface area contributed by atoms with E-state index in [1.54, 1.807) is 0 Å². The molecule has 0 fully saturated rings. The Bertz CT molecular complexity index is 147. The lowest BCUT2D eigenvalue weighted by atomic mass is 10.0. The van der Waals surface area contributed by atoms with Crippen LogP contribution in [0.2, 0.25) is 0 Å². The van der Waals surface area contributed by atoms with Gasteiger partial charge in [0.1, 0.15) is 24.6 Å². The summed E-state index contributed by atoms with van der Waals surface area (Å²) in [6, 6.07) is -1.26. The normalized spacial score (nSPS) is 19.5.